The third-order valence-corrected chi connectivity index (χ3v) is 1.81. The SMILES string of the molecule is C=CCn1cc(Cl)cc(Cl)c1=O. The molecule has 1 aromatic heterocycles. The van der Waals surface area contributed by atoms with Crippen LogP contribution in [0.5, 0.6) is 0 Å². The van der Waals surface area contributed by atoms with Crippen LogP contribution in [0.3, 0.4) is 0 Å². The lowest BCUT2D eigenvalue weighted by atomic mass is 10.4. The van der Waals surface area contributed by atoms with Crippen LogP contribution >= 0.6 is 23.2 Å². The maximum Gasteiger partial charge on any atom is 0.269 e. The minimum atomic E-state index is -0.249. The van der Waals surface area contributed by atoms with Gasteiger partial charge in [0, 0.05) is 12.7 Å². The average Bonchev–Trinajstić information content (AvgIpc) is 2.00. The van der Waals surface area contributed by atoms with E-state index < -0.39 is 0 Å². The predicted molar refractivity (Wildman–Crippen MR) is 50.9 cm³/mol. The van der Waals surface area contributed by atoms with Gasteiger partial charge >= 0.3 is 0 Å². The van der Waals surface area contributed by atoms with E-state index in [1.807, 2.05) is 0 Å². The molecule has 0 spiro atoms. The van der Waals surface area contributed by atoms with E-state index in [-0.39, 0.29) is 10.6 Å². The Bertz CT molecular complexity index is 357. The Hall–Kier alpha value is -0.730. The summed E-state index contributed by atoms with van der Waals surface area (Å²) in [5.74, 6) is 0. The van der Waals surface area contributed by atoms with Crippen molar-refractivity contribution in [1.29, 1.82) is 0 Å². The zero-order chi connectivity index (χ0) is 9.14. The molecule has 12 heavy (non-hydrogen) atoms. The second-order valence-corrected chi connectivity index (χ2v) is 3.10. The summed E-state index contributed by atoms with van der Waals surface area (Å²) in [5.41, 5.74) is -0.249. The third-order valence-electron chi connectivity index (χ3n) is 1.33. The number of halogens is 2. The van der Waals surface area contributed by atoms with Gasteiger partial charge in [-0.3, -0.25) is 4.79 Å². The van der Waals surface area contributed by atoms with E-state index >= 15 is 0 Å². The Labute approximate surface area is 80.0 Å². The second-order valence-electron chi connectivity index (χ2n) is 2.25. The molecule has 4 heteroatoms. The van der Waals surface area contributed by atoms with E-state index in [1.165, 1.54) is 16.8 Å². The zero-order valence-corrected chi connectivity index (χ0v) is 7.77. The van der Waals surface area contributed by atoms with Crippen LogP contribution in [0, 0.1) is 0 Å². The number of hydrogen-bond donors (Lipinski definition) is 0. The lowest BCUT2D eigenvalue weighted by Gasteiger charge is -2.02. The van der Waals surface area contributed by atoms with Gasteiger partial charge in [0.2, 0.25) is 0 Å². The highest BCUT2D eigenvalue weighted by Gasteiger charge is 2.01. The quantitative estimate of drug-likeness (QED) is 0.677. The molecule has 0 radical (unpaired) electrons. The van der Waals surface area contributed by atoms with E-state index in [4.69, 9.17) is 23.2 Å². The highest BCUT2D eigenvalue weighted by molar-refractivity contribution is 6.34. The summed E-state index contributed by atoms with van der Waals surface area (Å²) < 4.78 is 1.40. The van der Waals surface area contributed by atoms with Gasteiger partial charge in [-0.15, -0.1) is 6.58 Å². The highest BCUT2D eigenvalue weighted by Crippen LogP contribution is 2.10. The summed E-state index contributed by atoms with van der Waals surface area (Å²) in [6.45, 7) is 3.93. The minimum absolute atomic E-state index is 0.129. The number of pyridine rings is 1. The van der Waals surface area contributed by atoms with E-state index in [2.05, 4.69) is 6.58 Å². The molecule has 0 unspecified atom stereocenters. The fourth-order valence-electron chi connectivity index (χ4n) is 0.839. The first-order valence-electron chi connectivity index (χ1n) is 3.31. The molecule has 1 heterocycles. The van der Waals surface area contributed by atoms with Crippen molar-refractivity contribution in [2.75, 3.05) is 0 Å². The van der Waals surface area contributed by atoms with Gasteiger partial charge < -0.3 is 4.57 Å². The molecule has 1 rings (SSSR count). The van der Waals surface area contributed by atoms with Crippen LogP contribution in [-0.2, 0) is 6.54 Å². The molecule has 0 N–H and O–H groups in total. The molecule has 0 amide bonds. The fraction of sp³-hybridized carbons (Fsp3) is 0.125. The van der Waals surface area contributed by atoms with Crippen LogP contribution < -0.4 is 5.56 Å². The number of aromatic nitrogens is 1. The van der Waals surface area contributed by atoms with Crippen molar-refractivity contribution < 1.29 is 0 Å². The smallest absolute Gasteiger partial charge is 0.269 e. The van der Waals surface area contributed by atoms with Crippen molar-refractivity contribution in [2.24, 2.45) is 0 Å². The van der Waals surface area contributed by atoms with Gasteiger partial charge in [0.25, 0.3) is 5.56 Å². The number of rotatable bonds is 2. The molecule has 0 atom stereocenters. The van der Waals surface area contributed by atoms with Crippen molar-refractivity contribution in [2.45, 2.75) is 6.54 Å². The molecule has 1 aromatic rings. The lowest BCUT2D eigenvalue weighted by molar-refractivity contribution is 0.781. The topological polar surface area (TPSA) is 22.0 Å². The van der Waals surface area contributed by atoms with E-state index in [9.17, 15) is 4.79 Å². The largest absolute Gasteiger partial charge is 0.309 e. The number of nitrogens with zero attached hydrogens (tertiary/aromatic N) is 1. The normalized spacial score (nSPS) is 9.83. The van der Waals surface area contributed by atoms with Gasteiger partial charge in [-0.25, -0.2) is 0 Å². The molecule has 0 aliphatic carbocycles. The van der Waals surface area contributed by atoms with Crippen LogP contribution in [-0.4, -0.2) is 4.57 Å². The Morgan fingerprint density at radius 3 is 2.83 bits per heavy atom. The second kappa shape index (κ2) is 3.78. The standard InChI is InChI=1S/C8H7Cl2NO/c1-2-3-11-5-6(9)4-7(10)8(11)12/h2,4-5H,1,3H2. The summed E-state index contributed by atoms with van der Waals surface area (Å²) in [7, 11) is 0. The Balaban J connectivity index is 3.27. The van der Waals surface area contributed by atoms with Crippen LogP contribution in [0.4, 0.5) is 0 Å². The van der Waals surface area contributed by atoms with E-state index in [0.29, 0.717) is 11.6 Å². The molecule has 0 aromatic carbocycles. The molecule has 0 bridgehead atoms. The van der Waals surface area contributed by atoms with Gasteiger partial charge in [-0.1, -0.05) is 29.3 Å². The molecule has 2 nitrogen and oxygen atoms in total. The van der Waals surface area contributed by atoms with Gasteiger partial charge in [0.1, 0.15) is 5.02 Å². The predicted octanol–water partition coefficient (Wildman–Crippen LogP) is 2.34. The van der Waals surface area contributed by atoms with Crippen molar-refractivity contribution >= 4 is 23.2 Å². The van der Waals surface area contributed by atoms with Crippen LogP contribution in [0.25, 0.3) is 0 Å². The minimum Gasteiger partial charge on any atom is -0.309 e. The highest BCUT2D eigenvalue weighted by atomic mass is 35.5. The summed E-state index contributed by atoms with van der Waals surface area (Å²) in [5, 5.41) is 0.575. The Morgan fingerprint density at radius 2 is 2.25 bits per heavy atom. The van der Waals surface area contributed by atoms with E-state index in [1.54, 1.807) is 6.08 Å². The van der Waals surface area contributed by atoms with Crippen LogP contribution in [0.15, 0.2) is 29.7 Å². The number of allylic oxidation sites excluding steroid dienone is 1. The summed E-state index contributed by atoms with van der Waals surface area (Å²) >= 11 is 11.3. The Morgan fingerprint density at radius 1 is 1.58 bits per heavy atom. The van der Waals surface area contributed by atoms with Gasteiger partial charge in [-0.2, -0.15) is 0 Å². The maximum atomic E-state index is 11.2. The maximum absolute atomic E-state index is 11.2. The first-order valence-corrected chi connectivity index (χ1v) is 4.07. The molecule has 64 valence electrons. The first-order chi connectivity index (χ1) is 5.65. The first kappa shape index (κ1) is 9.36. The number of hydrogen-bond acceptors (Lipinski definition) is 1. The Kier molecular flexibility index (Phi) is 2.95. The van der Waals surface area contributed by atoms with Crippen molar-refractivity contribution in [3.05, 3.63) is 45.3 Å². The molecule has 0 fully saturated rings. The third kappa shape index (κ3) is 1.90. The van der Waals surface area contributed by atoms with Crippen LogP contribution in [0.1, 0.15) is 0 Å². The molecule has 0 saturated carbocycles. The van der Waals surface area contributed by atoms with Crippen molar-refractivity contribution in [3.8, 4) is 0 Å². The average molecular weight is 204 g/mol. The monoisotopic (exact) mass is 203 g/mol. The summed E-state index contributed by atoms with van der Waals surface area (Å²) in [6, 6.07) is 1.42. The van der Waals surface area contributed by atoms with Gasteiger partial charge in [0.15, 0.2) is 0 Å². The zero-order valence-electron chi connectivity index (χ0n) is 6.26. The molecular weight excluding hydrogens is 197 g/mol. The van der Waals surface area contributed by atoms with Crippen molar-refractivity contribution in [1.82, 2.24) is 4.57 Å². The lowest BCUT2D eigenvalue weighted by Crippen LogP contribution is -2.18. The molecular formula is C8H7Cl2NO. The van der Waals surface area contributed by atoms with Gasteiger partial charge in [0.05, 0.1) is 5.02 Å². The van der Waals surface area contributed by atoms with Crippen LogP contribution in [0.2, 0.25) is 10.0 Å². The fourth-order valence-corrected chi connectivity index (χ4v) is 1.35. The van der Waals surface area contributed by atoms with E-state index in [0.717, 1.165) is 0 Å². The van der Waals surface area contributed by atoms with Gasteiger partial charge in [-0.05, 0) is 6.07 Å². The molecule has 0 saturated heterocycles. The summed E-state index contributed by atoms with van der Waals surface area (Å²) in [6.07, 6.45) is 3.13. The van der Waals surface area contributed by atoms with Crippen molar-refractivity contribution in [3.63, 3.8) is 0 Å². The molecule has 0 aliphatic heterocycles. The summed E-state index contributed by atoms with van der Waals surface area (Å²) in [4.78, 5) is 11.2. The molecule has 0 aliphatic rings.